The minimum Gasteiger partial charge on any atom is -0.381 e. The van der Waals surface area contributed by atoms with Crippen molar-refractivity contribution in [3.63, 3.8) is 0 Å². The first-order valence-corrected chi connectivity index (χ1v) is 7.02. The predicted molar refractivity (Wildman–Crippen MR) is 84.8 cm³/mol. The van der Waals surface area contributed by atoms with Crippen LogP contribution in [0.3, 0.4) is 0 Å². The molecule has 0 aromatic carbocycles. The lowest BCUT2D eigenvalue weighted by atomic mass is 10.1. The molecule has 1 amide bonds. The molecular formula is C13H27Cl2N3O2. The van der Waals surface area contributed by atoms with Crippen molar-refractivity contribution in [2.75, 3.05) is 39.4 Å². The highest BCUT2D eigenvalue weighted by molar-refractivity contribution is 5.85. The van der Waals surface area contributed by atoms with Crippen molar-refractivity contribution in [1.82, 2.24) is 9.80 Å². The van der Waals surface area contributed by atoms with E-state index in [9.17, 15) is 4.79 Å². The second-order valence-electron chi connectivity index (χ2n) is 5.44. The summed E-state index contributed by atoms with van der Waals surface area (Å²) in [5, 5.41) is 0. The van der Waals surface area contributed by atoms with Gasteiger partial charge >= 0.3 is 0 Å². The first kappa shape index (κ1) is 19.9. The Labute approximate surface area is 134 Å². The summed E-state index contributed by atoms with van der Waals surface area (Å²) < 4.78 is 5.39. The van der Waals surface area contributed by atoms with Crippen LogP contribution in [0.4, 0.5) is 0 Å². The van der Waals surface area contributed by atoms with Gasteiger partial charge in [-0.25, -0.2) is 0 Å². The SMILES string of the molecule is CC(N)CC(=O)N1CCN(C2CCOCC2)CC1.Cl.Cl. The van der Waals surface area contributed by atoms with Crippen LogP contribution in [0, 0.1) is 0 Å². The lowest BCUT2D eigenvalue weighted by Gasteiger charge is -2.40. The van der Waals surface area contributed by atoms with Crippen molar-refractivity contribution in [3.05, 3.63) is 0 Å². The molecule has 0 saturated carbocycles. The number of ether oxygens (including phenoxy) is 1. The van der Waals surface area contributed by atoms with Crippen LogP contribution in [0.25, 0.3) is 0 Å². The summed E-state index contributed by atoms with van der Waals surface area (Å²) in [6, 6.07) is 0.621. The molecule has 0 aromatic rings. The summed E-state index contributed by atoms with van der Waals surface area (Å²) in [7, 11) is 0. The number of amides is 1. The van der Waals surface area contributed by atoms with E-state index in [1.165, 1.54) is 0 Å². The molecule has 0 aliphatic carbocycles. The summed E-state index contributed by atoms with van der Waals surface area (Å²) in [6.07, 6.45) is 2.73. The normalized spacial score (nSPS) is 22.6. The molecule has 5 nitrogen and oxygen atoms in total. The molecule has 0 aromatic heterocycles. The Bertz CT molecular complexity index is 279. The van der Waals surface area contributed by atoms with E-state index in [4.69, 9.17) is 10.5 Å². The first-order chi connectivity index (χ1) is 8.66. The summed E-state index contributed by atoms with van der Waals surface area (Å²) >= 11 is 0. The van der Waals surface area contributed by atoms with Crippen LogP contribution in [-0.2, 0) is 9.53 Å². The first-order valence-electron chi connectivity index (χ1n) is 7.02. The van der Waals surface area contributed by atoms with Gasteiger partial charge in [-0.15, -0.1) is 24.8 Å². The number of rotatable bonds is 3. The van der Waals surface area contributed by atoms with Crippen molar-refractivity contribution in [2.24, 2.45) is 5.73 Å². The molecule has 120 valence electrons. The van der Waals surface area contributed by atoms with Gasteiger partial charge in [0.1, 0.15) is 0 Å². The molecule has 2 fully saturated rings. The summed E-state index contributed by atoms with van der Waals surface area (Å²) in [5.41, 5.74) is 5.67. The number of hydrogen-bond donors (Lipinski definition) is 1. The summed E-state index contributed by atoms with van der Waals surface area (Å²) in [4.78, 5) is 16.4. The van der Waals surface area contributed by atoms with Crippen LogP contribution >= 0.6 is 24.8 Å². The molecule has 0 bridgehead atoms. The Hall–Kier alpha value is -0.0700. The van der Waals surface area contributed by atoms with Gasteiger partial charge in [0.15, 0.2) is 0 Å². The quantitative estimate of drug-likeness (QED) is 0.836. The van der Waals surface area contributed by atoms with E-state index < -0.39 is 0 Å². The molecule has 2 N–H and O–H groups in total. The Morgan fingerprint density at radius 3 is 2.25 bits per heavy atom. The number of nitrogens with two attached hydrogens (primary N) is 1. The van der Waals surface area contributed by atoms with E-state index in [2.05, 4.69) is 4.90 Å². The van der Waals surface area contributed by atoms with Crippen molar-refractivity contribution in [2.45, 2.75) is 38.3 Å². The largest absolute Gasteiger partial charge is 0.381 e. The van der Waals surface area contributed by atoms with Gasteiger partial charge < -0.3 is 15.4 Å². The van der Waals surface area contributed by atoms with Crippen LogP contribution in [-0.4, -0.2) is 67.2 Å². The maximum atomic E-state index is 11.9. The van der Waals surface area contributed by atoms with Gasteiger partial charge in [-0.1, -0.05) is 0 Å². The Kier molecular flexibility index (Phi) is 9.76. The molecule has 2 aliphatic heterocycles. The van der Waals surface area contributed by atoms with Crippen LogP contribution in [0.2, 0.25) is 0 Å². The minimum absolute atomic E-state index is 0. The summed E-state index contributed by atoms with van der Waals surface area (Å²) in [5.74, 6) is 0.205. The van der Waals surface area contributed by atoms with Gasteiger partial charge in [-0.3, -0.25) is 9.69 Å². The molecule has 2 heterocycles. The third kappa shape index (κ3) is 5.74. The summed E-state index contributed by atoms with van der Waals surface area (Å²) in [6.45, 7) is 7.34. The molecule has 1 atom stereocenters. The predicted octanol–water partition coefficient (Wildman–Crippen LogP) is 0.890. The number of carbonyl (C=O) groups is 1. The number of halogens is 2. The average Bonchev–Trinajstić information content (AvgIpc) is 2.39. The molecule has 2 saturated heterocycles. The highest BCUT2D eigenvalue weighted by Crippen LogP contribution is 2.16. The van der Waals surface area contributed by atoms with Crippen molar-refractivity contribution in [1.29, 1.82) is 0 Å². The van der Waals surface area contributed by atoms with Gasteiger partial charge in [-0.2, -0.15) is 0 Å². The van der Waals surface area contributed by atoms with Gasteiger partial charge in [0.25, 0.3) is 0 Å². The highest BCUT2D eigenvalue weighted by atomic mass is 35.5. The molecule has 20 heavy (non-hydrogen) atoms. The minimum atomic E-state index is -0.0361. The van der Waals surface area contributed by atoms with E-state index in [0.29, 0.717) is 12.5 Å². The fourth-order valence-corrected chi connectivity index (χ4v) is 2.79. The van der Waals surface area contributed by atoms with E-state index in [0.717, 1.165) is 52.2 Å². The maximum Gasteiger partial charge on any atom is 0.224 e. The number of nitrogens with zero attached hydrogens (tertiary/aromatic N) is 2. The van der Waals surface area contributed by atoms with E-state index in [1.807, 2.05) is 11.8 Å². The molecule has 7 heteroatoms. The molecule has 1 unspecified atom stereocenters. The van der Waals surface area contributed by atoms with E-state index in [1.54, 1.807) is 0 Å². The topological polar surface area (TPSA) is 58.8 Å². The average molecular weight is 328 g/mol. The zero-order valence-electron chi connectivity index (χ0n) is 12.1. The van der Waals surface area contributed by atoms with Gasteiger partial charge in [-0.05, 0) is 19.8 Å². The number of hydrogen-bond acceptors (Lipinski definition) is 4. The van der Waals surface area contributed by atoms with Gasteiger partial charge in [0.05, 0.1) is 0 Å². The number of piperazine rings is 1. The number of carbonyl (C=O) groups excluding carboxylic acids is 1. The fraction of sp³-hybridized carbons (Fsp3) is 0.923. The van der Waals surface area contributed by atoms with Crippen LogP contribution in [0.15, 0.2) is 0 Å². The Morgan fingerprint density at radius 1 is 1.20 bits per heavy atom. The fourth-order valence-electron chi connectivity index (χ4n) is 2.79. The van der Waals surface area contributed by atoms with Crippen molar-refractivity contribution < 1.29 is 9.53 Å². The van der Waals surface area contributed by atoms with Crippen molar-refractivity contribution >= 4 is 30.7 Å². The zero-order chi connectivity index (χ0) is 13.0. The third-order valence-corrected chi connectivity index (χ3v) is 3.87. The Balaban J connectivity index is 0.00000180. The molecule has 2 aliphatic rings. The smallest absolute Gasteiger partial charge is 0.224 e. The van der Waals surface area contributed by atoms with Gasteiger partial charge in [0, 0.05) is 57.9 Å². The lowest BCUT2D eigenvalue weighted by Crippen LogP contribution is -2.53. The van der Waals surface area contributed by atoms with Crippen LogP contribution in [0.5, 0.6) is 0 Å². The van der Waals surface area contributed by atoms with Crippen LogP contribution in [0.1, 0.15) is 26.2 Å². The van der Waals surface area contributed by atoms with E-state index in [-0.39, 0.29) is 36.8 Å². The van der Waals surface area contributed by atoms with E-state index >= 15 is 0 Å². The Morgan fingerprint density at radius 2 is 1.75 bits per heavy atom. The van der Waals surface area contributed by atoms with Crippen molar-refractivity contribution in [3.8, 4) is 0 Å². The van der Waals surface area contributed by atoms with Crippen LogP contribution < -0.4 is 5.73 Å². The monoisotopic (exact) mass is 327 g/mol. The molecular weight excluding hydrogens is 301 g/mol. The second kappa shape index (κ2) is 9.79. The maximum absolute atomic E-state index is 11.9. The standard InChI is InChI=1S/C13H25N3O2.2ClH/c1-11(14)10-13(17)16-6-4-15(5-7-16)12-2-8-18-9-3-12;;/h11-12H,2-10,14H2,1H3;2*1H. The molecule has 0 spiro atoms. The third-order valence-electron chi connectivity index (χ3n) is 3.87. The molecule has 2 rings (SSSR count). The highest BCUT2D eigenvalue weighted by Gasteiger charge is 2.27. The second-order valence-corrected chi connectivity index (χ2v) is 5.44. The van der Waals surface area contributed by atoms with Gasteiger partial charge in [0.2, 0.25) is 5.91 Å². The lowest BCUT2D eigenvalue weighted by molar-refractivity contribution is -0.133. The molecule has 0 radical (unpaired) electrons. The zero-order valence-corrected chi connectivity index (χ0v) is 13.8.